The fourth-order valence-electron chi connectivity index (χ4n) is 1.64. The number of aromatic amines is 1. The maximum Gasteiger partial charge on any atom is 0.242 e. The normalized spacial score (nSPS) is 12.5. The zero-order valence-corrected chi connectivity index (χ0v) is 12.1. The molecule has 2 heterocycles. The zero-order valence-electron chi connectivity index (χ0n) is 11.2. The van der Waals surface area contributed by atoms with E-state index in [1.807, 2.05) is 0 Å². The Bertz CT molecular complexity index is 760. The van der Waals surface area contributed by atoms with Crippen LogP contribution < -0.4 is 4.72 Å². The fraction of sp³-hybridized carbons (Fsp3) is 0.231. The third-order valence-corrected chi connectivity index (χ3v) is 4.19. The summed E-state index contributed by atoms with van der Waals surface area (Å²) < 4.78 is 27.1. The number of nitrogens with zero attached hydrogens (tertiary/aromatic N) is 2. The molecule has 0 fully saturated rings. The van der Waals surface area contributed by atoms with Gasteiger partial charge in [-0.3, -0.25) is 10.1 Å². The van der Waals surface area contributed by atoms with E-state index in [0.717, 1.165) is 5.56 Å². The third kappa shape index (κ3) is 3.88. The smallest absolute Gasteiger partial charge is 0.242 e. The van der Waals surface area contributed by atoms with Gasteiger partial charge in [-0.05, 0) is 13.0 Å². The molecule has 2 aromatic heterocycles. The molecule has 0 aliphatic heterocycles. The van der Waals surface area contributed by atoms with Crippen molar-refractivity contribution in [2.45, 2.75) is 17.9 Å². The summed E-state index contributed by atoms with van der Waals surface area (Å²) in [6.45, 7) is 1.41. The number of H-pyrrole nitrogens is 1. The SMILES string of the molecule is CC(NS(=O)(=O)c1cncc(C#CCO)c1)c1cn[nH]c1. The van der Waals surface area contributed by atoms with Gasteiger partial charge in [0.25, 0.3) is 0 Å². The van der Waals surface area contributed by atoms with Crippen LogP contribution in [0.15, 0.2) is 35.7 Å². The second-order valence-electron chi connectivity index (χ2n) is 4.24. The lowest BCUT2D eigenvalue weighted by atomic mass is 10.2. The summed E-state index contributed by atoms with van der Waals surface area (Å²) in [5.41, 5.74) is 1.14. The van der Waals surface area contributed by atoms with Gasteiger partial charge in [-0.25, -0.2) is 13.1 Å². The van der Waals surface area contributed by atoms with E-state index in [-0.39, 0.29) is 11.5 Å². The van der Waals surface area contributed by atoms with Gasteiger partial charge in [0, 0.05) is 35.8 Å². The molecule has 21 heavy (non-hydrogen) atoms. The zero-order chi connectivity index (χ0) is 15.3. The Balaban J connectivity index is 2.23. The topological polar surface area (TPSA) is 108 Å². The van der Waals surface area contributed by atoms with Crippen LogP contribution in [0, 0.1) is 11.8 Å². The van der Waals surface area contributed by atoms with Crippen LogP contribution in [0.4, 0.5) is 0 Å². The number of aliphatic hydroxyl groups is 1. The van der Waals surface area contributed by atoms with E-state index in [0.29, 0.717) is 5.56 Å². The molecule has 2 rings (SSSR count). The molecule has 3 N–H and O–H groups in total. The summed E-state index contributed by atoms with van der Waals surface area (Å²) in [5.74, 6) is 5.06. The molecule has 0 radical (unpaired) electrons. The van der Waals surface area contributed by atoms with Crippen LogP contribution in [0.3, 0.4) is 0 Å². The lowest BCUT2D eigenvalue weighted by Gasteiger charge is -2.12. The Labute approximate surface area is 122 Å². The number of hydrogen-bond donors (Lipinski definition) is 3. The molecule has 0 spiro atoms. The van der Waals surface area contributed by atoms with Crippen LogP contribution in [-0.4, -0.2) is 35.3 Å². The van der Waals surface area contributed by atoms with E-state index in [9.17, 15) is 8.42 Å². The van der Waals surface area contributed by atoms with Gasteiger partial charge in [0.05, 0.1) is 6.20 Å². The van der Waals surface area contributed by atoms with E-state index >= 15 is 0 Å². The second kappa shape index (κ2) is 6.49. The Morgan fingerprint density at radius 2 is 2.24 bits per heavy atom. The highest BCUT2D eigenvalue weighted by Crippen LogP contribution is 2.15. The van der Waals surface area contributed by atoms with Gasteiger partial charge < -0.3 is 5.11 Å². The average molecular weight is 306 g/mol. The van der Waals surface area contributed by atoms with Gasteiger partial charge in [0.15, 0.2) is 0 Å². The van der Waals surface area contributed by atoms with Gasteiger partial charge >= 0.3 is 0 Å². The van der Waals surface area contributed by atoms with E-state index in [1.54, 1.807) is 19.3 Å². The van der Waals surface area contributed by atoms with E-state index in [4.69, 9.17) is 5.11 Å². The average Bonchev–Trinajstić information content (AvgIpc) is 2.99. The van der Waals surface area contributed by atoms with Gasteiger partial charge in [-0.2, -0.15) is 5.10 Å². The van der Waals surface area contributed by atoms with Gasteiger partial charge in [0.2, 0.25) is 10.0 Å². The molecule has 7 nitrogen and oxygen atoms in total. The first-order chi connectivity index (χ1) is 10.0. The van der Waals surface area contributed by atoms with Crippen molar-refractivity contribution in [2.75, 3.05) is 6.61 Å². The highest BCUT2D eigenvalue weighted by Gasteiger charge is 2.19. The first-order valence-corrected chi connectivity index (χ1v) is 7.57. The molecule has 8 heteroatoms. The maximum absolute atomic E-state index is 12.3. The van der Waals surface area contributed by atoms with Crippen molar-refractivity contribution in [3.63, 3.8) is 0 Å². The lowest BCUT2D eigenvalue weighted by molar-refractivity contribution is 0.350. The Morgan fingerprint density at radius 3 is 2.90 bits per heavy atom. The minimum absolute atomic E-state index is 0.0163. The molecule has 0 saturated heterocycles. The molecular weight excluding hydrogens is 292 g/mol. The minimum Gasteiger partial charge on any atom is -0.384 e. The van der Waals surface area contributed by atoms with Gasteiger partial charge in [-0.1, -0.05) is 11.8 Å². The van der Waals surface area contributed by atoms with Gasteiger partial charge in [0.1, 0.15) is 11.5 Å². The van der Waals surface area contributed by atoms with E-state index in [2.05, 4.69) is 31.7 Å². The van der Waals surface area contributed by atoms with Gasteiger partial charge in [-0.15, -0.1) is 0 Å². The maximum atomic E-state index is 12.3. The van der Waals surface area contributed by atoms with Crippen molar-refractivity contribution in [3.05, 3.63) is 42.0 Å². The predicted octanol–water partition coefficient (Wildman–Crippen LogP) is 0.188. The number of rotatable bonds is 4. The molecule has 2 aromatic rings. The number of aliphatic hydroxyl groups excluding tert-OH is 1. The monoisotopic (exact) mass is 306 g/mol. The molecular formula is C13H14N4O3S. The summed E-state index contributed by atoms with van der Waals surface area (Å²) in [6.07, 6.45) is 5.85. The summed E-state index contributed by atoms with van der Waals surface area (Å²) in [5, 5.41) is 15.1. The molecule has 1 atom stereocenters. The summed E-state index contributed by atoms with van der Waals surface area (Å²) in [4.78, 5) is 3.87. The van der Waals surface area contributed by atoms with Crippen LogP contribution in [0.25, 0.3) is 0 Å². The van der Waals surface area contributed by atoms with Crippen LogP contribution in [-0.2, 0) is 10.0 Å². The highest BCUT2D eigenvalue weighted by molar-refractivity contribution is 7.89. The van der Waals surface area contributed by atoms with Crippen molar-refractivity contribution in [2.24, 2.45) is 0 Å². The van der Waals surface area contributed by atoms with Crippen molar-refractivity contribution in [1.82, 2.24) is 19.9 Å². The minimum atomic E-state index is -3.72. The largest absolute Gasteiger partial charge is 0.384 e. The first-order valence-electron chi connectivity index (χ1n) is 6.08. The lowest BCUT2D eigenvalue weighted by Crippen LogP contribution is -2.26. The summed E-state index contributed by atoms with van der Waals surface area (Å²) in [7, 11) is -3.72. The van der Waals surface area contributed by atoms with Crippen molar-refractivity contribution in [1.29, 1.82) is 0 Å². The number of sulfonamides is 1. The van der Waals surface area contributed by atoms with Crippen LogP contribution in [0.2, 0.25) is 0 Å². The Hall–Kier alpha value is -2.21. The fourth-order valence-corrected chi connectivity index (χ4v) is 2.86. The van der Waals surface area contributed by atoms with Crippen LogP contribution in [0.5, 0.6) is 0 Å². The molecule has 0 aromatic carbocycles. The standard InChI is InChI=1S/C13H14N4O3S/c1-10(12-7-15-16-8-12)17-21(19,20)13-5-11(3-2-4-18)6-14-9-13/h5-10,17-18H,4H2,1H3,(H,15,16). The molecule has 0 saturated carbocycles. The second-order valence-corrected chi connectivity index (χ2v) is 5.96. The number of nitrogens with one attached hydrogen (secondary N) is 2. The van der Waals surface area contributed by atoms with E-state index < -0.39 is 16.1 Å². The quantitative estimate of drug-likeness (QED) is 0.699. The van der Waals surface area contributed by atoms with Crippen molar-refractivity contribution >= 4 is 10.0 Å². The molecule has 0 aliphatic carbocycles. The summed E-state index contributed by atoms with van der Waals surface area (Å²) in [6, 6.07) is 0.973. The number of pyridine rings is 1. The summed E-state index contributed by atoms with van der Waals surface area (Å²) >= 11 is 0. The Kier molecular flexibility index (Phi) is 4.70. The van der Waals surface area contributed by atoms with Crippen molar-refractivity contribution in [3.8, 4) is 11.8 Å². The predicted molar refractivity (Wildman–Crippen MR) is 75.5 cm³/mol. The van der Waals surface area contributed by atoms with Crippen molar-refractivity contribution < 1.29 is 13.5 Å². The molecule has 0 amide bonds. The molecule has 0 aliphatic rings. The Morgan fingerprint density at radius 1 is 1.43 bits per heavy atom. The molecule has 1 unspecified atom stereocenters. The highest BCUT2D eigenvalue weighted by atomic mass is 32.2. The van der Waals surface area contributed by atoms with Crippen LogP contribution in [0.1, 0.15) is 24.1 Å². The first kappa shape index (κ1) is 15.2. The third-order valence-electron chi connectivity index (χ3n) is 2.69. The number of hydrogen-bond acceptors (Lipinski definition) is 5. The molecule has 0 bridgehead atoms. The van der Waals surface area contributed by atoms with E-state index in [1.165, 1.54) is 18.5 Å². The molecule has 110 valence electrons. The number of aromatic nitrogens is 3. The van der Waals surface area contributed by atoms with Crippen LogP contribution >= 0.6 is 0 Å².